The molecule has 0 aliphatic heterocycles. The van der Waals surface area contributed by atoms with Crippen molar-refractivity contribution in [3.8, 4) is 0 Å². The van der Waals surface area contributed by atoms with Crippen LogP contribution >= 0.6 is 0 Å². The van der Waals surface area contributed by atoms with Gasteiger partial charge in [-0.15, -0.1) is 0 Å². The predicted octanol–water partition coefficient (Wildman–Crippen LogP) is 0.325. The highest BCUT2D eigenvalue weighted by Crippen LogP contribution is 2.13. The molecular formula is C15H15N7O4. The van der Waals surface area contributed by atoms with Gasteiger partial charge < -0.3 is 4.57 Å². The maximum atomic E-state index is 12.3. The Morgan fingerprint density at radius 3 is 2.38 bits per heavy atom. The zero-order chi connectivity index (χ0) is 19.0. The average molecular weight is 357 g/mol. The van der Waals surface area contributed by atoms with Gasteiger partial charge in [-0.3, -0.25) is 24.0 Å². The number of nitrogens with zero attached hydrogens (tertiary/aromatic N) is 6. The molecule has 0 amide bonds. The van der Waals surface area contributed by atoms with Crippen molar-refractivity contribution in [2.75, 3.05) is 5.43 Å². The zero-order valence-corrected chi connectivity index (χ0v) is 14.2. The van der Waals surface area contributed by atoms with Crippen LogP contribution in [0.4, 0.5) is 11.6 Å². The van der Waals surface area contributed by atoms with Crippen LogP contribution in [0, 0.1) is 10.1 Å². The Kier molecular flexibility index (Phi) is 4.12. The Morgan fingerprint density at radius 2 is 1.77 bits per heavy atom. The number of nitro groups is 1. The molecule has 0 radical (unpaired) electrons. The van der Waals surface area contributed by atoms with E-state index < -0.39 is 16.2 Å². The number of aromatic nitrogens is 4. The molecule has 0 saturated carbocycles. The summed E-state index contributed by atoms with van der Waals surface area (Å²) in [6.07, 6.45) is 1.46. The first kappa shape index (κ1) is 17.1. The number of non-ortho nitro benzene ring substituents is 1. The molecule has 0 fully saturated rings. The van der Waals surface area contributed by atoms with Crippen LogP contribution in [0.3, 0.4) is 0 Å². The molecule has 0 aliphatic carbocycles. The van der Waals surface area contributed by atoms with Gasteiger partial charge in [-0.1, -0.05) is 0 Å². The van der Waals surface area contributed by atoms with E-state index in [9.17, 15) is 19.7 Å². The lowest BCUT2D eigenvalue weighted by Crippen LogP contribution is -2.37. The van der Waals surface area contributed by atoms with Crippen molar-refractivity contribution in [3.63, 3.8) is 0 Å². The summed E-state index contributed by atoms with van der Waals surface area (Å²) < 4.78 is 3.79. The molecule has 2 aromatic heterocycles. The van der Waals surface area contributed by atoms with Crippen molar-refractivity contribution in [3.05, 3.63) is 60.8 Å². The first-order chi connectivity index (χ1) is 12.3. The molecule has 0 atom stereocenters. The fourth-order valence-electron chi connectivity index (χ4n) is 2.47. The lowest BCUT2D eigenvalue weighted by atomic mass is 10.2. The first-order valence-electron chi connectivity index (χ1n) is 7.47. The van der Waals surface area contributed by atoms with Crippen molar-refractivity contribution in [2.24, 2.45) is 26.2 Å². The molecule has 26 heavy (non-hydrogen) atoms. The Balaban J connectivity index is 1.92. The maximum absolute atomic E-state index is 12.3. The van der Waals surface area contributed by atoms with Gasteiger partial charge in [0.1, 0.15) is 0 Å². The molecule has 2 heterocycles. The summed E-state index contributed by atoms with van der Waals surface area (Å²) in [6, 6.07) is 5.85. The quantitative estimate of drug-likeness (QED) is 0.407. The largest absolute Gasteiger partial charge is 0.332 e. The monoisotopic (exact) mass is 357 g/mol. The summed E-state index contributed by atoms with van der Waals surface area (Å²) in [5.41, 5.74) is 2.92. The Hall–Kier alpha value is -3.76. The number of benzene rings is 1. The van der Waals surface area contributed by atoms with Gasteiger partial charge in [0.2, 0.25) is 5.95 Å². The fourth-order valence-corrected chi connectivity index (χ4v) is 2.47. The molecule has 134 valence electrons. The topological polar surface area (TPSA) is 129 Å². The van der Waals surface area contributed by atoms with Gasteiger partial charge in [0.15, 0.2) is 11.2 Å². The Labute approximate surface area is 146 Å². The molecule has 3 aromatic rings. The van der Waals surface area contributed by atoms with E-state index in [2.05, 4.69) is 15.5 Å². The second-order valence-corrected chi connectivity index (χ2v) is 5.59. The highest BCUT2D eigenvalue weighted by Gasteiger charge is 2.16. The summed E-state index contributed by atoms with van der Waals surface area (Å²) in [5.74, 6) is 0.275. The molecule has 0 saturated heterocycles. The van der Waals surface area contributed by atoms with E-state index in [0.29, 0.717) is 5.56 Å². The number of hydrazone groups is 1. The van der Waals surface area contributed by atoms with Crippen LogP contribution in [-0.4, -0.2) is 29.8 Å². The highest BCUT2D eigenvalue weighted by molar-refractivity contribution is 5.81. The van der Waals surface area contributed by atoms with Crippen molar-refractivity contribution >= 4 is 29.0 Å². The first-order valence-corrected chi connectivity index (χ1v) is 7.47. The van der Waals surface area contributed by atoms with E-state index in [0.717, 1.165) is 4.57 Å². The van der Waals surface area contributed by atoms with Crippen LogP contribution in [0.25, 0.3) is 11.2 Å². The van der Waals surface area contributed by atoms with Crippen LogP contribution in [-0.2, 0) is 21.1 Å². The number of nitrogens with one attached hydrogen (secondary N) is 1. The number of hydrogen-bond acceptors (Lipinski definition) is 7. The van der Waals surface area contributed by atoms with E-state index in [4.69, 9.17) is 0 Å². The number of nitro benzene ring substituents is 1. The summed E-state index contributed by atoms with van der Waals surface area (Å²) in [6.45, 7) is 0. The predicted molar refractivity (Wildman–Crippen MR) is 95.5 cm³/mol. The second kappa shape index (κ2) is 6.27. The van der Waals surface area contributed by atoms with Crippen molar-refractivity contribution in [1.29, 1.82) is 0 Å². The highest BCUT2D eigenvalue weighted by atomic mass is 16.6. The normalized spacial score (nSPS) is 11.3. The zero-order valence-electron chi connectivity index (χ0n) is 14.2. The molecule has 0 unspecified atom stereocenters. The van der Waals surface area contributed by atoms with Crippen LogP contribution in [0.2, 0.25) is 0 Å². The molecule has 0 bridgehead atoms. The van der Waals surface area contributed by atoms with E-state index in [-0.39, 0.29) is 22.8 Å². The summed E-state index contributed by atoms with van der Waals surface area (Å²) in [5, 5.41) is 14.7. The third-order valence-corrected chi connectivity index (χ3v) is 3.96. The van der Waals surface area contributed by atoms with E-state index in [1.54, 1.807) is 19.2 Å². The minimum absolute atomic E-state index is 0.0118. The van der Waals surface area contributed by atoms with Crippen LogP contribution < -0.4 is 16.7 Å². The SMILES string of the molecule is Cn1c(=O)c2c(nc(N/N=C\c3ccc([N+](=O)[O-])cc3)n2C)n(C)c1=O. The lowest BCUT2D eigenvalue weighted by Gasteiger charge is -2.03. The van der Waals surface area contributed by atoms with Crippen LogP contribution in [0.5, 0.6) is 0 Å². The maximum Gasteiger partial charge on any atom is 0.332 e. The summed E-state index contributed by atoms with van der Waals surface area (Å²) >= 11 is 0. The molecule has 0 spiro atoms. The number of fused-ring (bicyclic) bond motifs is 1. The van der Waals surface area contributed by atoms with Gasteiger partial charge >= 0.3 is 5.69 Å². The van der Waals surface area contributed by atoms with Crippen LogP contribution in [0.1, 0.15) is 5.56 Å². The van der Waals surface area contributed by atoms with E-state index in [1.165, 1.54) is 41.6 Å². The van der Waals surface area contributed by atoms with Crippen molar-refractivity contribution in [2.45, 2.75) is 0 Å². The van der Waals surface area contributed by atoms with Gasteiger partial charge in [-0.2, -0.15) is 10.1 Å². The minimum Gasteiger partial charge on any atom is -0.306 e. The van der Waals surface area contributed by atoms with Gasteiger partial charge in [0.25, 0.3) is 11.2 Å². The van der Waals surface area contributed by atoms with E-state index in [1.807, 2.05) is 0 Å². The third kappa shape index (κ3) is 2.75. The lowest BCUT2D eigenvalue weighted by molar-refractivity contribution is -0.384. The average Bonchev–Trinajstić information content (AvgIpc) is 2.95. The molecule has 1 N–H and O–H groups in total. The molecule has 1 aromatic carbocycles. The van der Waals surface area contributed by atoms with E-state index >= 15 is 0 Å². The molecule has 3 rings (SSSR count). The minimum atomic E-state index is -0.483. The Bertz CT molecular complexity index is 1150. The standard InChI is InChI=1S/C15H15N7O4/c1-19-11-12(20(2)15(24)21(3)13(11)23)17-14(19)18-16-8-9-4-6-10(7-5-9)22(25)26/h4-8H,1-3H3,(H,17,18)/b16-8-. The molecular weight excluding hydrogens is 342 g/mol. The van der Waals surface area contributed by atoms with Gasteiger partial charge in [-0.25, -0.2) is 10.2 Å². The second-order valence-electron chi connectivity index (χ2n) is 5.59. The number of imidazole rings is 1. The third-order valence-electron chi connectivity index (χ3n) is 3.96. The number of aryl methyl sites for hydroxylation is 2. The fraction of sp³-hybridized carbons (Fsp3) is 0.200. The summed E-state index contributed by atoms with van der Waals surface area (Å²) in [7, 11) is 4.56. The number of anilines is 1. The van der Waals surface area contributed by atoms with Gasteiger partial charge in [-0.05, 0) is 17.7 Å². The summed E-state index contributed by atoms with van der Waals surface area (Å²) in [4.78, 5) is 38.7. The number of hydrogen-bond donors (Lipinski definition) is 1. The van der Waals surface area contributed by atoms with Gasteiger partial charge in [0, 0.05) is 33.3 Å². The van der Waals surface area contributed by atoms with Crippen molar-refractivity contribution < 1.29 is 4.92 Å². The molecule has 11 heteroatoms. The van der Waals surface area contributed by atoms with Crippen molar-refractivity contribution in [1.82, 2.24) is 18.7 Å². The Morgan fingerprint density at radius 1 is 1.12 bits per heavy atom. The van der Waals surface area contributed by atoms with Gasteiger partial charge in [0.05, 0.1) is 11.1 Å². The number of rotatable bonds is 4. The van der Waals surface area contributed by atoms with Crippen LogP contribution in [0.15, 0.2) is 39.0 Å². The smallest absolute Gasteiger partial charge is 0.306 e. The molecule has 0 aliphatic rings. The molecule has 11 nitrogen and oxygen atoms in total.